The van der Waals surface area contributed by atoms with E-state index < -0.39 is 0 Å². The maximum Gasteiger partial charge on any atom is 0.224 e. The van der Waals surface area contributed by atoms with Gasteiger partial charge in [-0.2, -0.15) is 0 Å². The highest BCUT2D eigenvalue weighted by Gasteiger charge is 2.08. The minimum absolute atomic E-state index is 0.0185. The molecule has 5 heteroatoms. The van der Waals surface area contributed by atoms with Crippen molar-refractivity contribution < 1.29 is 0 Å². The molecule has 0 aliphatic carbocycles. The van der Waals surface area contributed by atoms with E-state index in [1.54, 1.807) is 11.6 Å². The molecule has 88 valence electrons. The highest BCUT2D eigenvalue weighted by Crippen LogP contribution is 2.22. The van der Waals surface area contributed by atoms with E-state index in [0.29, 0.717) is 5.02 Å². The lowest BCUT2D eigenvalue weighted by atomic mass is 10.2. The van der Waals surface area contributed by atoms with Gasteiger partial charge in [0.2, 0.25) is 5.43 Å². The zero-order chi connectivity index (χ0) is 12.6. The van der Waals surface area contributed by atoms with E-state index in [4.69, 9.17) is 17.3 Å². The number of anilines is 1. The van der Waals surface area contributed by atoms with Crippen molar-refractivity contribution in [2.75, 3.05) is 5.73 Å². The van der Waals surface area contributed by atoms with Crippen LogP contribution in [-0.4, -0.2) is 9.78 Å². The van der Waals surface area contributed by atoms with Gasteiger partial charge < -0.3 is 5.73 Å². The van der Waals surface area contributed by atoms with Crippen LogP contribution >= 0.6 is 11.6 Å². The first-order valence-electron chi connectivity index (χ1n) is 5.12. The number of aryl methyl sites for hydroxylation is 1. The predicted octanol–water partition coefficient (Wildman–Crippen LogP) is 2.08. The third-order valence-corrected chi connectivity index (χ3v) is 3.01. The summed E-state index contributed by atoms with van der Waals surface area (Å²) in [5, 5.41) is 4.72. The van der Waals surface area contributed by atoms with Gasteiger partial charge in [-0.1, -0.05) is 17.7 Å². The van der Waals surface area contributed by atoms with Crippen LogP contribution in [0.5, 0.6) is 0 Å². The number of nitrogens with two attached hydrogens (primary N) is 1. The maximum absolute atomic E-state index is 11.3. The van der Waals surface area contributed by atoms with Gasteiger partial charge in [-0.15, -0.1) is 5.10 Å². The number of aromatic nitrogens is 2. The summed E-state index contributed by atoms with van der Waals surface area (Å²) in [6.45, 7) is 3.70. The van der Waals surface area contributed by atoms with E-state index in [2.05, 4.69) is 5.10 Å². The molecule has 1 aromatic heterocycles. The number of hydrogen-bond donors (Lipinski definition) is 1. The van der Waals surface area contributed by atoms with Crippen LogP contribution in [0.4, 0.5) is 5.82 Å². The fourth-order valence-electron chi connectivity index (χ4n) is 1.63. The predicted molar refractivity (Wildman–Crippen MR) is 68.7 cm³/mol. The lowest BCUT2D eigenvalue weighted by Gasteiger charge is -2.13. The Morgan fingerprint density at radius 2 is 2.06 bits per heavy atom. The Hall–Kier alpha value is -1.81. The average Bonchev–Trinajstić information content (AvgIpc) is 2.28. The van der Waals surface area contributed by atoms with Crippen molar-refractivity contribution in [3.63, 3.8) is 0 Å². The molecule has 2 aromatic rings. The summed E-state index contributed by atoms with van der Waals surface area (Å²) in [7, 11) is 0. The Bertz CT molecular complexity index is 634. The molecule has 0 spiro atoms. The average molecular weight is 250 g/mol. The molecule has 17 heavy (non-hydrogen) atoms. The Labute approximate surface area is 104 Å². The first-order valence-corrected chi connectivity index (χ1v) is 5.50. The van der Waals surface area contributed by atoms with Gasteiger partial charge in [0.15, 0.2) is 5.82 Å². The summed E-state index contributed by atoms with van der Waals surface area (Å²) >= 11 is 6.05. The zero-order valence-corrected chi connectivity index (χ0v) is 10.3. The van der Waals surface area contributed by atoms with Gasteiger partial charge in [-0.3, -0.25) is 4.79 Å². The molecule has 0 atom stereocenters. The van der Waals surface area contributed by atoms with Crippen LogP contribution in [0.3, 0.4) is 0 Å². The van der Waals surface area contributed by atoms with E-state index in [9.17, 15) is 4.79 Å². The molecule has 2 N–H and O–H groups in total. The second kappa shape index (κ2) is 4.22. The van der Waals surface area contributed by atoms with Gasteiger partial charge in [0.25, 0.3) is 0 Å². The fourth-order valence-corrected chi connectivity index (χ4v) is 1.80. The monoisotopic (exact) mass is 249 g/mol. The van der Waals surface area contributed by atoms with Crippen LogP contribution < -0.4 is 11.2 Å². The second-order valence-electron chi connectivity index (χ2n) is 3.83. The van der Waals surface area contributed by atoms with Crippen LogP contribution in [0, 0.1) is 13.8 Å². The normalized spacial score (nSPS) is 10.5. The molecule has 0 aliphatic heterocycles. The molecule has 0 aliphatic rings. The quantitative estimate of drug-likeness (QED) is 0.842. The molecule has 1 heterocycles. The van der Waals surface area contributed by atoms with Crippen LogP contribution in [0.25, 0.3) is 5.69 Å². The van der Waals surface area contributed by atoms with Gasteiger partial charge in [-0.05, 0) is 31.5 Å². The number of rotatable bonds is 1. The number of nitrogens with zero attached hydrogens (tertiary/aromatic N) is 2. The minimum atomic E-state index is -0.265. The lowest BCUT2D eigenvalue weighted by Crippen LogP contribution is -2.18. The van der Waals surface area contributed by atoms with Crippen molar-refractivity contribution in [2.24, 2.45) is 0 Å². The third-order valence-electron chi connectivity index (χ3n) is 2.60. The molecule has 0 bridgehead atoms. The fraction of sp³-hybridized carbons (Fsp3) is 0.167. The van der Waals surface area contributed by atoms with Crippen molar-refractivity contribution in [3.05, 3.63) is 50.8 Å². The summed E-state index contributed by atoms with van der Waals surface area (Å²) in [5.41, 5.74) is 7.71. The van der Waals surface area contributed by atoms with Crippen LogP contribution in [0.1, 0.15) is 11.3 Å². The van der Waals surface area contributed by atoms with Gasteiger partial charge in [-0.25, -0.2) is 4.68 Å². The molecule has 0 unspecified atom stereocenters. The largest absolute Gasteiger partial charge is 0.379 e. The Balaban J connectivity index is 2.73. The molecule has 0 saturated heterocycles. The van der Waals surface area contributed by atoms with E-state index in [-0.39, 0.29) is 11.2 Å². The molecule has 2 rings (SSSR count). The maximum atomic E-state index is 11.3. The van der Waals surface area contributed by atoms with Crippen LogP contribution in [0.15, 0.2) is 29.1 Å². The van der Waals surface area contributed by atoms with E-state index >= 15 is 0 Å². The molecule has 1 aromatic carbocycles. The first-order chi connectivity index (χ1) is 8.00. The summed E-state index contributed by atoms with van der Waals surface area (Å²) in [6, 6.07) is 6.98. The van der Waals surface area contributed by atoms with Crippen molar-refractivity contribution in [1.29, 1.82) is 0 Å². The Morgan fingerprint density at radius 1 is 1.35 bits per heavy atom. The van der Waals surface area contributed by atoms with E-state index in [0.717, 1.165) is 16.9 Å². The molecule has 4 nitrogen and oxygen atoms in total. The first kappa shape index (κ1) is 11.7. The molecule has 0 radical (unpaired) electrons. The summed E-state index contributed by atoms with van der Waals surface area (Å²) in [4.78, 5) is 11.3. The zero-order valence-electron chi connectivity index (χ0n) is 9.57. The smallest absolute Gasteiger partial charge is 0.224 e. The van der Waals surface area contributed by atoms with Gasteiger partial charge in [0.05, 0.1) is 5.69 Å². The summed E-state index contributed by atoms with van der Waals surface area (Å²) in [6.07, 6.45) is 0. The van der Waals surface area contributed by atoms with Crippen molar-refractivity contribution in [3.8, 4) is 5.69 Å². The molecule has 0 saturated carbocycles. The number of halogens is 1. The Morgan fingerprint density at radius 3 is 2.76 bits per heavy atom. The number of nitrogen functional groups attached to an aromatic ring is 1. The van der Waals surface area contributed by atoms with Crippen molar-refractivity contribution in [2.45, 2.75) is 13.8 Å². The summed E-state index contributed by atoms with van der Waals surface area (Å²) in [5.74, 6) is -0.0185. The molecular formula is C12H12ClN3O. The third kappa shape index (κ3) is 2.03. The topological polar surface area (TPSA) is 60.9 Å². The van der Waals surface area contributed by atoms with E-state index in [1.807, 2.05) is 25.1 Å². The standard InChI is InChI=1S/C12H12ClN3O/c1-7-6-11(17)12(14)15-16(7)10-5-3-4-9(13)8(10)2/h3-6H,1-2H3,(H2,14,15). The highest BCUT2D eigenvalue weighted by molar-refractivity contribution is 6.31. The molecular weight excluding hydrogens is 238 g/mol. The number of benzene rings is 1. The summed E-state index contributed by atoms with van der Waals surface area (Å²) < 4.78 is 1.62. The molecule has 0 fully saturated rings. The Kier molecular flexibility index (Phi) is 2.90. The van der Waals surface area contributed by atoms with E-state index in [1.165, 1.54) is 6.07 Å². The molecule has 0 amide bonds. The van der Waals surface area contributed by atoms with Crippen LogP contribution in [-0.2, 0) is 0 Å². The highest BCUT2D eigenvalue weighted by atomic mass is 35.5. The second-order valence-corrected chi connectivity index (χ2v) is 4.24. The van der Waals surface area contributed by atoms with Crippen LogP contribution in [0.2, 0.25) is 5.02 Å². The minimum Gasteiger partial charge on any atom is -0.379 e. The van der Waals surface area contributed by atoms with Gasteiger partial charge in [0.1, 0.15) is 0 Å². The van der Waals surface area contributed by atoms with Gasteiger partial charge >= 0.3 is 0 Å². The van der Waals surface area contributed by atoms with Crippen molar-refractivity contribution >= 4 is 17.4 Å². The van der Waals surface area contributed by atoms with Gasteiger partial charge in [0, 0.05) is 16.8 Å². The van der Waals surface area contributed by atoms with Crippen molar-refractivity contribution in [1.82, 2.24) is 9.78 Å². The SMILES string of the molecule is Cc1c(Cl)cccc1-n1nc(N)c(=O)cc1C. The lowest BCUT2D eigenvalue weighted by molar-refractivity contribution is 0.802. The number of hydrogen-bond acceptors (Lipinski definition) is 3.